The number of hydrogen-bond acceptors (Lipinski definition) is 4. The lowest BCUT2D eigenvalue weighted by Crippen LogP contribution is -2.16. The van der Waals surface area contributed by atoms with E-state index in [2.05, 4.69) is 0 Å². The summed E-state index contributed by atoms with van der Waals surface area (Å²) in [5.74, 6) is 0.382. The predicted octanol–water partition coefficient (Wildman–Crippen LogP) is 0.898. The summed E-state index contributed by atoms with van der Waals surface area (Å²) in [4.78, 5) is 11.3. The second-order valence-electron chi connectivity index (χ2n) is 3.89. The molecule has 0 bridgehead atoms. The average molecular weight is 235 g/mol. The molecule has 1 unspecified atom stereocenters. The van der Waals surface area contributed by atoms with E-state index < -0.39 is 9.84 Å². The van der Waals surface area contributed by atoms with Gasteiger partial charge in [0.1, 0.15) is 15.6 Å². The Morgan fingerprint density at radius 2 is 1.93 bits per heavy atom. The molecule has 0 saturated heterocycles. The fourth-order valence-electron chi connectivity index (χ4n) is 1.15. The van der Waals surface area contributed by atoms with E-state index >= 15 is 0 Å². The Morgan fingerprint density at radius 3 is 2.40 bits per heavy atom. The van der Waals surface area contributed by atoms with Crippen molar-refractivity contribution >= 4 is 15.6 Å². The first-order chi connectivity index (χ1) is 6.87. The molecular formula is C10H21NO3S. The maximum absolute atomic E-state index is 11.3. The summed E-state index contributed by atoms with van der Waals surface area (Å²) >= 11 is 0. The SMILES string of the molecule is CCS(=O)(=O)CCCC(=O)CCC(C)N. The van der Waals surface area contributed by atoms with Gasteiger partial charge in [0, 0.05) is 24.6 Å². The molecule has 0 aromatic heterocycles. The van der Waals surface area contributed by atoms with E-state index in [1.807, 2.05) is 6.92 Å². The van der Waals surface area contributed by atoms with E-state index in [9.17, 15) is 13.2 Å². The van der Waals surface area contributed by atoms with Crippen LogP contribution in [0.4, 0.5) is 0 Å². The van der Waals surface area contributed by atoms with Crippen LogP contribution in [-0.2, 0) is 14.6 Å². The highest BCUT2D eigenvalue weighted by Crippen LogP contribution is 2.03. The van der Waals surface area contributed by atoms with E-state index in [1.165, 1.54) is 0 Å². The first-order valence-electron chi connectivity index (χ1n) is 5.35. The smallest absolute Gasteiger partial charge is 0.150 e. The van der Waals surface area contributed by atoms with Gasteiger partial charge in [-0.2, -0.15) is 0 Å². The number of hydrogen-bond donors (Lipinski definition) is 1. The molecular weight excluding hydrogens is 214 g/mol. The molecule has 0 aliphatic heterocycles. The Labute approximate surface area is 92.2 Å². The third-order valence-electron chi connectivity index (χ3n) is 2.23. The van der Waals surface area contributed by atoms with E-state index in [4.69, 9.17) is 5.73 Å². The van der Waals surface area contributed by atoms with Crippen molar-refractivity contribution in [3.63, 3.8) is 0 Å². The standard InChI is InChI=1S/C10H21NO3S/c1-3-15(13,14)8-4-5-10(12)7-6-9(2)11/h9H,3-8,11H2,1-2H3. The lowest BCUT2D eigenvalue weighted by atomic mass is 10.1. The fourth-order valence-corrected chi connectivity index (χ4v) is 2.02. The van der Waals surface area contributed by atoms with E-state index in [0.717, 1.165) is 0 Å². The summed E-state index contributed by atoms with van der Waals surface area (Å²) in [5, 5.41) is 0. The quantitative estimate of drug-likeness (QED) is 0.678. The zero-order chi connectivity index (χ0) is 11.9. The molecule has 1 atom stereocenters. The fraction of sp³-hybridized carbons (Fsp3) is 0.900. The molecule has 0 saturated carbocycles. The molecule has 0 aromatic rings. The van der Waals surface area contributed by atoms with Crippen molar-refractivity contribution in [2.75, 3.05) is 11.5 Å². The zero-order valence-electron chi connectivity index (χ0n) is 9.53. The number of sulfone groups is 1. The van der Waals surface area contributed by atoms with Crippen LogP contribution in [0.2, 0.25) is 0 Å². The Bertz CT molecular complexity index is 283. The van der Waals surface area contributed by atoms with Gasteiger partial charge in [0.15, 0.2) is 0 Å². The highest BCUT2D eigenvalue weighted by molar-refractivity contribution is 7.91. The van der Waals surface area contributed by atoms with Gasteiger partial charge in [-0.25, -0.2) is 8.42 Å². The van der Waals surface area contributed by atoms with Crippen LogP contribution in [0.5, 0.6) is 0 Å². The summed E-state index contributed by atoms with van der Waals surface area (Å²) in [6, 6.07) is 0.0355. The molecule has 5 heteroatoms. The number of rotatable bonds is 8. The van der Waals surface area contributed by atoms with Crippen LogP contribution in [0.3, 0.4) is 0 Å². The van der Waals surface area contributed by atoms with Crippen LogP contribution < -0.4 is 5.73 Å². The summed E-state index contributed by atoms with van der Waals surface area (Å²) in [5.41, 5.74) is 5.51. The van der Waals surface area contributed by atoms with Crippen molar-refractivity contribution < 1.29 is 13.2 Å². The van der Waals surface area contributed by atoms with Crippen molar-refractivity contribution in [1.82, 2.24) is 0 Å². The summed E-state index contributed by atoms with van der Waals surface area (Å²) in [7, 11) is -2.92. The molecule has 4 nitrogen and oxygen atoms in total. The van der Waals surface area contributed by atoms with Gasteiger partial charge in [-0.3, -0.25) is 4.79 Å². The van der Waals surface area contributed by atoms with Crippen molar-refractivity contribution in [1.29, 1.82) is 0 Å². The third kappa shape index (κ3) is 8.57. The van der Waals surface area contributed by atoms with Crippen molar-refractivity contribution in [3.05, 3.63) is 0 Å². The highest BCUT2D eigenvalue weighted by atomic mass is 32.2. The van der Waals surface area contributed by atoms with Gasteiger partial charge in [-0.05, 0) is 19.8 Å². The Kier molecular flexibility index (Phi) is 6.76. The van der Waals surface area contributed by atoms with Gasteiger partial charge in [-0.1, -0.05) is 6.92 Å². The molecule has 90 valence electrons. The second-order valence-corrected chi connectivity index (χ2v) is 6.37. The molecule has 0 heterocycles. The lowest BCUT2D eigenvalue weighted by Gasteiger charge is -2.04. The maximum Gasteiger partial charge on any atom is 0.150 e. The molecule has 0 fully saturated rings. The molecule has 0 aromatic carbocycles. The molecule has 0 aliphatic carbocycles. The van der Waals surface area contributed by atoms with E-state index in [0.29, 0.717) is 25.7 Å². The Hall–Kier alpha value is -0.420. The topological polar surface area (TPSA) is 77.2 Å². The van der Waals surface area contributed by atoms with E-state index in [1.54, 1.807) is 6.92 Å². The maximum atomic E-state index is 11.3. The predicted molar refractivity (Wildman–Crippen MR) is 61.5 cm³/mol. The van der Waals surface area contributed by atoms with Crippen LogP contribution in [0.25, 0.3) is 0 Å². The minimum atomic E-state index is -2.92. The largest absolute Gasteiger partial charge is 0.328 e. The lowest BCUT2D eigenvalue weighted by molar-refractivity contribution is -0.119. The number of nitrogens with two attached hydrogens (primary N) is 1. The molecule has 15 heavy (non-hydrogen) atoms. The van der Waals surface area contributed by atoms with Crippen LogP contribution in [0.15, 0.2) is 0 Å². The Morgan fingerprint density at radius 1 is 1.33 bits per heavy atom. The normalized spacial score (nSPS) is 13.8. The van der Waals surface area contributed by atoms with Crippen molar-refractivity contribution in [2.24, 2.45) is 5.73 Å². The van der Waals surface area contributed by atoms with Gasteiger partial charge in [-0.15, -0.1) is 0 Å². The average Bonchev–Trinajstić information content (AvgIpc) is 2.14. The van der Waals surface area contributed by atoms with E-state index in [-0.39, 0.29) is 23.3 Å². The summed E-state index contributed by atoms with van der Waals surface area (Å²) in [6.45, 7) is 3.47. The van der Waals surface area contributed by atoms with Crippen LogP contribution in [0, 0.1) is 0 Å². The van der Waals surface area contributed by atoms with Gasteiger partial charge in [0.2, 0.25) is 0 Å². The van der Waals surface area contributed by atoms with Gasteiger partial charge >= 0.3 is 0 Å². The molecule has 0 spiro atoms. The second kappa shape index (κ2) is 6.95. The van der Waals surface area contributed by atoms with Crippen molar-refractivity contribution in [2.45, 2.75) is 45.6 Å². The first kappa shape index (κ1) is 14.6. The number of carbonyl (C=O) groups excluding carboxylic acids is 1. The first-order valence-corrected chi connectivity index (χ1v) is 7.17. The third-order valence-corrected chi connectivity index (χ3v) is 4.02. The summed E-state index contributed by atoms with van der Waals surface area (Å²) in [6.07, 6.45) is 1.93. The minimum absolute atomic E-state index is 0.0355. The zero-order valence-corrected chi connectivity index (χ0v) is 10.3. The number of carbonyl (C=O) groups is 1. The number of ketones is 1. The minimum Gasteiger partial charge on any atom is -0.328 e. The monoisotopic (exact) mass is 235 g/mol. The van der Waals surface area contributed by atoms with Crippen LogP contribution >= 0.6 is 0 Å². The molecule has 2 N–H and O–H groups in total. The number of Topliss-reactive ketones (excluding diaryl/α,β-unsaturated/α-hetero) is 1. The summed E-state index contributed by atoms with van der Waals surface area (Å²) < 4.78 is 22.2. The molecule has 0 amide bonds. The van der Waals surface area contributed by atoms with Crippen LogP contribution in [-0.4, -0.2) is 31.7 Å². The van der Waals surface area contributed by atoms with Gasteiger partial charge in [0.05, 0.1) is 5.75 Å². The van der Waals surface area contributed by atoms with Gasteiger partial charge in [0.25, 0.3) is 0 Å². The highest BCUT2D eigenvalue weighted by Gasteiger charge is 2.09. The van der Waals surface area contributed by atoms with Gasteiger partial charge < -0.3 is 5.73 Å². The molecule has 0 aliphatic rings. The van der Waals surface area contributed by atoms with Crippen LogP contribution in [0.1, 0.15) is 39.5 Å². The Balaban J connectivity index is 3.65. The molecule has 0 rings (SSSR count). The van der Waals surface area contributed by atoms with Crippen molar-refractivity contribution in [3.8, 4) is 0 Å². The molecule has 0 radical (unpaired) electrons.